The van der Waals surface area contributed by atoms with Crippen LogP contribution in [-0.2, 0) is 4.79 Å². The summed E-state index contributed by atoms with van der Waals surface area (Å²) in [5, 5.41) is 12.2. The van der Waals surface area contributed by atoms with E-state index in [2.05, 4.69) is 24.4 Å². The van der Waals surface area contributed by atoms with E-state index in [1.54, 1.807) is 0 Å². The monoisotopic (exact) mass is 277 g/mol. The molecule has 0 radical (unpaired) electrons. The van der Waals surface area contributed by atoms with Crippen molar-refractivity contribution in [1.29, 1.82) is 0 Å². The van der Waals surface area contributed by atoms with Crippen LogP contribution in [0.5, 0.6) is 0 Å². The number of carbonyl (C=O) groups is 1. The van der Waals surface area contributed by atoms with Gasteiger partial charge in [0.05, 0.1) is 13.2 Å². The molecule has 1 aliphatic rings. The summed E-state index contributed by atoms with van der Waals surface area (Å²) in [6.45, 7) is 7.90. The quantitative estimate of drug-likeness (QED) is 0.754. The first kappa shape index (κ1) is 15.0. The number of likely N-dealkylation sites (tertiary alicyclic amines) is 1. The van der Waals surface area contributed by atoms with Crippen LogP contribution in [0.4, 0.5) is 5.69 Å². The molecule has 0 bridgehead atoms. The van der Waals surface area contributed by atoms with Gasteiger partial charge in [0.25, 0.3) is 5.91 Å². The van der Waals surface area contributed by atoms with E-state index in [1.165, 1.54) is 10.5 Å². The van der Waals surface area contributed by atoms with Crippen LogP contribution >= 0.6 is 0 Å². The Balaban J connectivity index is 2.12. The third kappa shape index (κ3) is 3.19. The van der Waals surface area contributed by atoms with E-state index in [0.717, 1.165) is 36.2 Å². The molecule has 2 atom stereocenters. The lowest BCUT2D eigenvalue weighted by Gasteiger charge is -2.21. The number of nitrogens with one attached hydrogen (secondary N) is 2. The summed E-state index contributed by atoms with van der Waals surface area (Å²) in [5.74, 6) is 0.0843. The summed E-state index contributed by atoms with van der Waals surface area (Å²) in [7, 11) is 0. The summed E-state index contributed by atoms with van der Waals surface area (Å²) in [5.41, 5.74) is 4.37. The molecule has 0 aliphatic carbocycles. The minimum Gasteiger partial charge on any atom is -0.391 e. The summed E-state index contributed by atoms with van der Waals surface area (Å²) in [4.78, 5) is 13.7. The molecule has 3 N–H and O–H groups in total. The first-order chi connectivity index (χ1) is 9.52. The molecular weight excluding hydrogens is 252 g/mol. The molecule has 0 aromatic heterocycles. The zero-order valence-corrected chi connectivity index (χ0v) is 12.6. The van der Waals surface area contributed by atoms with Crippen molar-refractivity contribution in [3.05, 3.63) is 28.8 Å². The Hall–Kier alpha value is -1.39. The number of anilines is 1. The average Bonchev–Trinajstić information content (AvgIpc) is 2.82. The van der Waals surface area contributed by atoms with Crippen molar-refractivity contribution in [3.8, 4) is 0 Å². The fraction of sp³-hybridized carbons (Fsp3) is 0.562. The number of aliphatic hydroxyl groups is 1. The first-order valence-corrected chi connectivity index (χ1v) is 7.37. The standard InChI is InChI=1S/C16H24N2O2/c1-11-9-12(2)15(13(3)10-11)17-16(20)14-5-4-6-18(14)7-8-19/h9-10,14,19H,4-8H2,1-3H3,(H,17,20)/p+1/t14-/m0/s1. The van der Waals surface area contributed by atoms with Crippen LogP contribution in [0, 0.1) is 20.8 Å². The normalized spacial score (nSPS) is 22.0. The highest BCUT2D eigenvalue weighted by molar-refractivity contribution is 5.95. The van der Waals surface area contributed by atoms with E-state index >= 15 is 0 Å². The van der Waals surface area contributed by atoms with Crippen molar-refractivity contribution in [2.24, 2.45) is 0 Å². The molecule has 110 valence electrons. The smallest absolute Gasteiger partial charge is 0.282 e. The third-order valence-corrected chi connectivity index (χ3v) is 4.16. The molecular formula is C16H25N2O2+. The summed E-state index contributed by atoms with van der Waals surface area (Å²) in [6, 6.07) is 4.16. The first-order valence-electron chi connectivity index (χ1n) is 7.37. The van der Waals surface area contributed by atoms with Gasteiger partial charge in [0.15, 0.2) is 6.04 Å². The highest BCUT2D eigenvalue weighted by Crippen LogP contribution is 2.22. The maximum absolute atomic E-state index is 12.5. The van der Waals surface area contributed by atoms with Crippen LogP contribution in [0.15, 0.2) is 12.1 Å². The molecule has 1 aliphatic heterocycles. The van der Waals surface area contributed by atoms with Gasteiger partial charge in [0.2, 0.25) is 0 Å². The number of hydrogen-bond donors (Lipinski definition) is 3. The molecule has 2 rings (SSSR count). The number of amides is 1. The van der Waals surface area contributed by atoms with E-state index in [1.807, 2.05) is 13.8 Å². The van der Waals surface area contributed by atoms with Crippen molar-refractivity contribution in [2.75, 3.05) is 25.0 Å². The fourth-order valence-corrected chi connectivity index (χ4v) is 3.26. The van der Waals surface area contributed by atoms with Crippen LogP contribution in [0.25, 0.3) is 0 Å². The lowest BCUT2D eigenvalue weighted by molar-refractivity contribution is -0.903. The van der Waals surface area contributed by atoms with Crippen molar-refractivity contribution in [3.63, 3.8) is 0 Å². The van der Waals surface area contributed by atoms with Gasteiger partial charge < -0.3 is 15.3 Å². The Morgan fingerprint density at radius 3 is 2.60 bits per heavy atom. The highest BCUT2D eigenvalue weighted by atomic mass is 16.3. The minimum atomic E-state index is -0.0257. The molecule has 4 nitrogen and oxygen atoms in total. The highest BCUT2D eigenvalue weighted by Gasteiger charge is 2.34. The van der Waals surface area contributed by atoms with Gasteiger partial charge in [-0.25, -0.2) is 0 Å². The molecule has 1 fully saturated rings. The van der Waals surface area contributed by atoms with E-state index in [4.69, 9.17) is 5.11 Å². The Morgan fingerprint density at radius 2 is 2.00 bits per heavy atom. The predicted molar refractivity (Wildman–Crippen MR) is 80.1 cm³/mol. The SMILES string of the molecule is Cc1cc(C)c(NC(=O)[C@@H]2CCC[NH+]2CCO)c(C)c1. The summed E-state index contributed by atoms with van der Waals surface area (Å²) >= 11 is 0. The largest absolute Gasteiger partial charge is 0.391 e. The average molecular weight is 277 g/mol. The van der Waals surface area contributed by atoms with E-state index < -0.39 is 0 Å². The second kappa shape index (κ2) is 6.37. The number of quaternary nitrogens is 1. The number of hydrogen-bond acceptors (Lipinski definition) is 2. The van der Waals surface area contributed by atoms with Gasteiger partial charge >= 0.3 is 0 Å². The second-order valence-electron chi connectivity index (χ2n) is 5.84. The van der Waals surface area contributed by atoms with E-state index in [0.29, 0.717) is 6.54 Å². The third-order valence-electron chi connectivity index (χ3n) is 4.16. The fourth-order valence-electron chi connectivity index (χ4n) is 3.26. The Bertz CT molecular complexity index is 476. The van der Waals surface area contributed by atoms with Gasteiger partial charge in [0, 0.05) is 18.5 Å². The predicted octanol–water partition coefficient (Wildman–Crippen LogP) is 0.590. The molecule has 0 saturated carbocycles. The van der Waals surface area contributed by atoms with E-state index in [9.17, 15) is 4.79 Å². The Kier molecular flexibility index (Phi) is 4.78. The van der Waals surface area contributed by atoms with Gasteiger partial charge in [0.1, 0.15) is 6.54 Å². The maximum atomic E-state index is 12.5. The molecule has 0 spiro atoms. The molecule has 1 unspecified atom stereocenters. The number of aliphatic hydroxyl groups excluding tert-OH is 1. The van der Waals surface area contributed by atoms with Crippen molar-refractivity contribution in [2.45, 2.75) is 39.7 Å². The van der Waals surface area contributed by atoms with Crippen LogP contribution < -0.4 is 10.2 Å². The zero-order valence-electron chi connectivity index (χ0n) is 12.6. The van der Waals surface area contributed by atoms with Crippen LogP contribution in [0.1, 0.15) is 29.5 Å². The maximum Gasteiger partial charge on any atom is 0.282 e. The number of rotatable bonds is 4. The van der Waals surface area contributed by atoms with Crippen molar-refractivity contribution < 1.29 is 14.8 Å². The van der Waals surface area contributed by atoms with Crippen LogP contribution in [-0.4, -0.2) is 36.8 Å². The number of aryl methyl sites for hydroxylation is 3. The van der Waals surface area contributed by atoms with Gasteiger partial charge in [-0.3, -0.25) is 4.79 Å². The van der Waals surface area contributed by atoms with Crippen LogP contribution in [0.2, 0.25) is 0 Å². The molecule has 1 amide bonds. The minimum absolute atomic E-state index is 0.0257. The van der Waals surface area contributed by atoms with Gasteiger partial charge in [-0.15, -0.1) is 0 Å². The molecule has 1 heterocycles. The topological polar surface area (TPSA) is 53.8 Å². The van der Waals surface area contributed by atoms with E-state index in [-0.39, 0.29) is 18.6 Å². The van der Waals surface area contributed by atoms with Crippen molar-refractivity contribution >= 4 is 11.6 Å². The lowest BCUT2D eigenvalue weighted by atomic mass is 10.0. The van der Waals surface area contributed by atoms with Crippen molar-refractivity contribution in [1.82, 2.24) is 0 Å². The van der Waals surface area contributed by atoms with Gasteiger partial charge in [-0.2, -0.15) is 0 Å². The number of carbonyl (C=O) groups excluding carboxylic acids is 1. The Morgan fingerprint density at radius 1 is 1.35 bits per heavy atom. The molecule has 20 heavy (non-hydrogen) atoms. The van der Waals surface area contributed by atoms with Gasteiger partial charge in [-0.1, -0.05) is 17.7 Å². The molecule has 1 aromatic rings. The summed E-state index contributed by atoms with van der Waals surface area (Å²) in [6.07, 6.45) is 1.96. The Labute approximate surface area is 120 Å². The molecule has 1 aromatic carbocycles. The van der Waals surface area contributed by atoms with Gasteiger partial charge in [-0.05, 0) is 31.9 Å². The zero-order chi connectivity index (χ0) is 14.7. The second-order valence-corrected chi connectivity index (χ2v) is 5.84. The lowest BCUT2D eigenvalue weighted by Crippen LogP contribution is -3.15. The summed E-state index contributed by atoms with van der Waals surface area (Å²) < 4.78 is 0. The molecule has 1 saturated heterocycles. The number of benzene rings is 1. The molecule has 4 heteroatoms. The van der Waals surface area contributed by atoms with Crippen LogP contribution in [0.3, 0.4) is 0 Å².